The fourth-order valence-corrected chi connectivity index (χ4v) is 3.24. The molecule has 1 aliphatic rings. The Morgan fingerprint density at radius 2 is 2.08 bits per heavy atom. The molecule has 0 bridgehead atoms. The van der Waals surface area contributed by atoms with Crippen molar-refractivity contribution < 1.29 is 9.31 Å². The van der Waals surface area contributed by atoms with E-state index in [1.807, 2.05) is 6.92 Å². The first-order valence-electron chi connectivity index (χ1n) is 8.36. The molecule has 0 saturated heterocycles. The van der Waals surface area contributed by atoms with Crippen LogP contribution in [0.5, 0.6) is 0 Å². The number of hydrogen-bond donors (Lipinski definition) is 1. The van der Waals surface area contributed by atoms with Crippen molar-refractivity contribution in [2.24, 2.45) is 5.92 Å². The van der Waals surface area contributed by atoms with E-state index in [-0.39, 0.29) is 33.7 Å². The molecule has 1 fully saturated rings. The van der Waals surface area contributed by atoms with E-state index in [2.05, 4.69) is 10.3 Å². The van der Waals surface area contributed by atoms with Crippen LogP contribution in [-0.2, 0) is 0 Å². The van der Waals surface area contributed by atoms with Crippen LogP contribution in [0.15, 0.2) is 24.4 Å². The van der Waals surface area contributed by atoms with Crippen molar-refractivity contribution in [3.63, 3.8) is 0 Å². The fourth-order valence-electron chi connectivity index (χ4n) is 2.98. The van der Waals surface area contributed by atoms with Crippen LogP contribution in [0.2, 0.25) is 5.02 Å². The van der Waals surface area contributed by atoms with Crippen LogP contribution in [0.25, 0.3) is 11.1 Å². The molecular formula is C18H20ClFN4O2. The average Bonchev–Trinajstić information content (AvgIpc) is 3.41. The summed E-state index contributed by atoms with van der Waals surface area (Å²) in [5, 5.41) is 15.1. The molecule has 2 aromatic rings. The highest BCUT2D eigenvalue weighted by molar-refractivity contribution is 6.33. The van der Waals surface area contributed by atoms with E-state index in [1.54, 1.807) is 19.0 Å². The number of nitrogens with zero attached hydrogens (tertiary/aromatic N) is 3. The minimum atomic E-state index is -0.502. The van der Waals surface area contributed by atoms with E-state index in [0.29, 0.717) is 11.6 Å². The summed E-state index contributed by atoms with van der Waals surface area (Å²) in [4.78, 5) is 17.0. The largest absolute Gasteiger partial charge is 0.375 e. The third kappa shape index (κ3) is 3.58. The number of aromatic nitrogens is 1. The second-order valence-corrected chi connectivity index (χ2v) is 7.17. The number of hydrogen-bond acceptors (Lipinski definition) is 5. The minimum absolute atomic E-state index is 0.0831. The molecular weight excluding hydrogens is 359 g/mol. The molecule has 8 heteroatoms. The molecule has 138 valence electrons. The second kappa shape index (κ2) is 7.07. The number of nitrogens with one attached hydrogen (secondary N) is 1. The van der Waals surface area contributed by atoms with Crippen LogP contribution >= 0.6 is 11.6 Å². The van der Waals surface area contributed by atoms with Gasteiger partial charge >= 0.3 is 5.69 Å². The van der Waals surface area contributed by atoms with Crippen molar-refractivity contribution in [2.45, 2.75) is 25.8 Å². The smallest absolute Gasteiger partial charge is 0.319 e. The van der Waals surface area contributed by atoms with Crippen LogP contribution in [0, 0.1) is 21.8 Å². The summed E-state index contributed by atoms with van der Waals surface area (Å²) in [7, 11) is 3.40. The molecule has 1 heterocycles. The van der Waals surface area contributed by atoms with Gasteiger partial charge in [-0.3, -0.25) is 10.1 Å². The summed E-state index contributed by atoms with van der Waals surface area (Å²) < 4.78 is 14.4. The molecule has 0 aliphatic heterocycles. The first kappa shape index (κ1) is 18.4. The van der Waals surface area contributed by atoms with Gasteiger partial charge in [-0.25, -0.2) is 9.37 Å². The summed E-state index contributed by atoms with van der Waals surface area (Å²) in [5.41, 5.74) is 0.630. The number of nitro groups is 1. The lowest BCUT2D eigenvalue weighted by molar-refractivity contribution is -0.383. The molecule has 6 nitrogen and oxygen atoms in total. The molecule has 0 amide bonds. The van der Waals surface area contributed by atoms with Gasteiger partial charge in [0.05, 0.1) is 21.2 Å². The zero-order valence-electron chi connectivity index (χ0n) is 14.8. The van der Waals surface area contributed by atoms with Crippen LogP contribution in [0.3, 0.4) is 0 Å². The highest BCUT2D eigenvalue weighted by Gasteiger charge is 2.31. The second-order valence-electron chi connectivity index (χ2n) is 6.76. The van der Waals surface area contributed by atoms with Gasteiger partial charge in [-0.15, -0.1) is 0 Å². The molecule has 0 radical (unpaired) electrons. The SMILES string of the molecule is CC(Nc1nccc(-c2cc(F)c(N(C)C)cc2Cl)c1[N+](=O)[O-])C1CC1. The summed E-state index contributed by atoms with van der Waals surface area (Å²) in [6, 6.07) is 4.27. The topological polar surface area (TPSA) is 71.3 Å². The van der Waals surface area contributed by atoms with E-state index in [1.165, 1.54) is 24.4 Å². The molecule has 26 heavy (non-hydrogen) atoms. The molecule has 1 aliphatic carbocycles. The van der Waals surface area contributed by atoms with Crippen LogP contribution in [-0.4, -0.2) is 30.0 Å². The van der Waals surface area contributed by atoms with Gasteiger partial charge in [-0.1, -0.05) is 11.6 Å². The summed E-state index contributed by atoms with van der Waals surface area (Å²) in [6.07, 6.45) is 3.67. The van der Waals surface area contributed by atoms with Crippen LogP contribution in [0.4, 0.5) is 21.6 Å². The fraction of sp³-hybridized carbons (Fsp3) is 0.389. The Balaban J connectivity index is 2.10. The molecule has 0 spiro atoms. The Bertz CT molecular complexity index is 855. The maximum Gasteiger partial charge on any atom is 0.319 e. The molecule has 1 atom stereocenters. The number of anilines is 2. The van der Waals surface area contributed by atoms with Crippen molar-refractivity contribution in [3.8, 4) is 11.1 Å². The van der Waals surface area contributed by atoms with Crippen molar-refractivity contribution >= 4 is 28.8 Å². The van der Waals surface area contributed by atoms with Gasteiger partial charge in [0.25, 0.3) is 0 Å². The molecule has 1 unspecified atom stereocenters. The molecule has 3 rings (SSSR count). The third-order valence-corrected chi connectivity index (χ3v) is 4.92. The minimum Gasteiger partial charge on any atom is -0.375 e. The number of halogens is 2. The molecule has 1 aromatic heterocycles. The van der Waals surface area contributed by atoms with Gasteiger partial charge in [0.1, 0.15) is 5.82 Å². The standard InChI is InChI=1S/C18H20ClFN4O2/c1-10(11-4-5-11)22-18-17(24(25)26)12(6-7-21-18)13-8-15(20)16(23(2)3)9-14(13)19/h6-11H,4-5H2,1-3H3,(H,21,22). The van der Waals surface area contributed by atoms with Gasteiger partial charge in [-0.2, -0.15) is 0 Å². The number of rotatable bonds is 6. The summed E-state index contributed by atoms with van der Waals surface area (Å²) in [5.74, 6) is 0.182. The average molecular weight is 379 g/mol. The molecule has 1 saturated carbocycles. The first-order valence-corrected chi connectivity index (χ1v) is 8.74. The van der Waals surface area contributed by atoms with E-state index < -0.39 is 10.7 Å². The zero-order valence-corrected chi connectivity index (χ0v) is 15.5. The summed E-state index contributed by atoms with van der Waals surface area (Å²) in [6.45, 7) is 1.98. The lowest BCUT2D eigenvalue weighted by Crippen LogP contribution is -2.19. The maximum atomic E-state index is 14.4. The Morgan fingerprint density at radius 1 is 1.38 bits per heavy atom. The monoisotopic (exact) mass is 378 g/mol. The van der Waals surface area contributed by atoms with Gasteiger partial charge < -0.3 is 10.2 Å². The highest BCUT2D eigenvalue weighted by Crippen LogP contribution is 2.41. The Hall–Kier alpha value is -2.41. The van der Waals surface area contributed by atoms with Crippen LogP contribution < -0.4 is 10.2 Å². The van der Waals surface area contributed by atoms with E-state index >= 15 is 0 Å². The quantitative estimate of drug-likeness (QED) is 0.581. The van der Waals surface area contributed by atoms with E-state index in [9.17, 15) is 14.5 Å². The lowest BCUT2D eigenvalue weighted by atomic mass is 10.0. The number of benzene rings is 1. The zero-order chi connectivity index (χ0) is 19.0. The van der Waals surface area contributed by atoms with Crippen LogP contribution in [0.1, 0.15) is 19.8 Å². The number of pyridine rings is 1. The first-order chi connectivity index (χ1) is 12.3. The Labute approximate surface area is 156 Å². The van der Waals surface area contributed by atoms with Gasteiger partial charge in [0.2, 0.25) is 5.82 Å². The van der Waals surface area contributed by atoms with Gasteiger partial charge in [0.15, 0.2) is 0 Å². The van der Waals surface area contributed by atoms with Gasteiger partial charge in [-0.05, 0) is 43.9 Å². The predicted molar refractivity (Wildman–Crippen MR) is 101 cm³/mol. The van der Waals surface area contributed by atoms with E-state index in [4.69, 9.17) is 11.6 Å². The van der Waals surface area contributed by atoms with Crippen molar-refractivity contribution in [2.75, 3.05) is 24.3 Å². The molecule has 1 N–H and O–H groups in total. The lowest BCUT2D eigenvalue weighted by Gasteiger charge is -2.17. The van der Waals surface area contributed by atoms with Crippen molar-refractivity contribution in [1.82, 2.24) is 4.98 Å². The van der Waals surface area contributed by atoms with Crippen molar-refractivity contribution in [3.05, 3.63) is 45.4 Å². The van der Waals surface area contributed by atoms with Crippen molar-refractivity contribution in [1.29, 1.82) is 0 Å². The maximum absolute atomic E-state index is 14.4. The predicted octanol–water partition coefficient (Wildman–Crippen LogP) is 4.73. The van der Waals surface area contributed by atoms with Gasteiger partial charge in [0, 0.05) is 31.9 Å². The normalized spacial score (nSPS) is 14.8. The van der Waals surface area contributed by atoms with E-state index in [0.717, 1.165) is 12.8 Å². The molecule has 1 aromatic carbocycles. The summed E-state index contributed by atoms with van der Waals surface area (Å²) >= 11 is 6.32. The Kier molecular flexibility index (Phi) is 5.00. The highest BCUT2D eigenvalue weighted by atomic mass is 35.5. The third-order valence-electron chi connectivity index (χ3n) is 4.61. The Morgan fingerprint density at radius 3 is 2.65 bits per heavy atom.